The highest BCUT2D eigenvalue weighted by molar-refractivity contribution is 5.72. The van der Waals surface area contributed by atoms with E-state index < -0.39 is 0 Å². The molecule has 1 aliphatic rings. The molecule has 0 radical (unpaired) electrons. The highest BCUT2D eigenvalue weighted by Crippen LogP contribution is 2.26. The predicted octanol–water partition coefficient (Wildman–Crippen LogP) is 2.17. The van der Waals surface area contributed by atoms with Gasteiger partial charge in [0.1, 0.15) is 0 Å². The fourth-order valence-electron chi connectivity index (χ4n) is 1.86. The molecule has 1 heterocycles. The average Bonchev–Trinajstić information content (AvgIpc) is 3.24. The van der Waals surface area contributed by atoms with Gasteiger partial charge in [-0.05, 0) is 25.0 Å². The first-order valence-corrected chi connectivity index (χ1v) is 6.15. The predicted molar refractivity (Wildman–Crippen MR) is 73.2 cm³/mol. The van der Waals surface area contributed by atoms with E-state index in [-0.39, 0.29) is 0 Å². The molecular weight excluding hydrogens is 238 g/mol. The maximum absolute atomic E-state index is 9.13. The highest BCUT2D eigenvalue weighted by Gasteiger charge is 2.21. The summed E-state index contributed by atoms with van der Waals surface area (Å²) in [5, 5.41) is 12.4. The molecule has 0 aliphatic heterocycles. The maximum Gasteiger partial charge on any atom is 0.222 e. The molecule has 0 spiro atoms. The van der Waals surface area contributed by atoms with Crippen LogP contribution in [0.25, 0.3) is 11.1 Å². The first-order chi connectivity index (χ1) is 9.26. The lowest BCUT2D eigenvalue weighted by Gasteiger charge is -2.06. The van der Waals surface area contributed by atoms with Gasteiger partial charge in [0, 0.05) is 35.2 Å². The summed E-state index contributed by atoms with van der Waals surface area (Å²) in [4.78, 5) is 8.54. The van der Waals surface area contributed by atoms with Crippen LogP contribution in [-0.2, 0) is 0 Å². The van der Waals surface area contributed by atoms with Crippen molar-refractivity contribution in [3.05, 3.63) is 36.2 Å². The third-order valence-electron chi connectivity index (χ3n) is 3.04. The van der Waals surface area contributed by atoms with E-state index in [4.69, 9.17) is 11.0 Å². The van der Waals surface area contributed by atoms with Crippen LogP contribution in [0.4, 0.5) is 11.6 Å². The zero-order valence-corrected chi connectivity index (χ0v) is 10.3. The van der Waals surface area contributed by atoms with Gasteiger partial charge in [-0.15, -0.1) is 0 Å². The summed E-state index contributed by atoms with van der Waals surface area (Å²) in [5.74, 6) is 0.639. The second-order valence-electron chi connectivity index (χ2n) is 4.63. The number of benzene rings is 1. The molecule has 0 amide bonds. The van der Waals surface area contributed by atoms with Gasteiger partial charge in [0.15, 0.2) is 0 Å². The number of nitrogen functional groups attached to an aromatic ring is 1. The molecule has 1 aromatic heterocycles. The van der Waals surface area contributed by atoms with Crippen molar-refractivity contribution in [2.75, 3.05) is 11.1 Å². The summed E-state index contributed by atoms with van der Waals surface area (Å²) < 4.78 is 0. The highest BCUT2D eigenvalue weighted by atomic mass is 15.1. The van der Waals surface area contributed by atoms with Crippen LogP contribution in [-0.4, -0.2) is 16.0 Å². The maximum atomic E-state index is 9.13. The lowest BCUT2D eigenvalue weighted by Crippen LogP contribution is -2.04. The van der Waals surface area contributed by atoms with Gasteiger partial charge in [-0.25, -0.2) is 9.97 Å². The average molecular weight is 251 g/mol. The molecule has 1 aromatic carbocycles. The van der Waals surface area contributed by atoms with Crippen LogP contribution in [0.2, 0.25) is 0 Å². The van der Waals surface area contributed by atoms with Crippen LogP contribution in [0.3, 0.4) is 0 Å². The fraction of sp³-hybridized carbons (Fsp3) is 0.214. The van der Waals surface area contributed by atoms with Crippen LogP contribution < -0.4 is 11.1 Å². The summed E-state index contributed by atoms with van der Waals surface area (Å²) >= 11 is 0. The molecule has 1 aliphatic carbocycles. The summed E-state index contributed by atoms with van der Waals surface area (Å²) in [6, 6.07) is 7.91. The topological polar surface area (TPSA) is 87.6 Å². The number of nitrogens with zero attached hydrogens (tertiary/aromatic N) is 3. The zero-order chi connectivity index (χ0) is 13.2. The Morgan fingerprint density at radius 2 is 2.00 bits per heavy atom. The largest absolute Gasteiger partial charge is 0.399 e. The lowest BCUT2D eigenvalue weighted by molar-refractivity contribution is 1.05. The second kappa shape index (κ2) is 4.58. The van der Waals surface area contributed by atoms with Gasteiger partial charge in [0.25, 0.3) is 0 Å². The minimum Gasteiger partial charge on any atom is -0.399 e. The van der Waals surface area contributed by atoms with Crippen molar-refractivity contribution in [2.24, 2.45) is 0 Å². The van der Waals surface area contributed by atoms with Gasteiger partial charge in [-0.1, -0.05) is 6.07 Å². The van der Waals surface area contributed by atoms with Crippen LogP contribution >= 0.6 is 0 Å². The first kappa shape index (κ1) is 11.5. The minimum atomic E-state index is 0.525. The molecule has 3 rings (SSSR count). The Morgan fingerprint density at radius 3 is 2.63 bits per heavy atom. The number of hydrogen-bond donors (Lipinski definition) is 2. The van der Waals surface area contributed by atoms with E-state index in [9.17, 15) is 0 Å². The summed E-state index contributed by atoms with van der Waals surface area (Å²) in [6.45, 7) is 0. The SMILES string of the molecule is N#Cc1cc(N)ccc1-c1cnc(NC2CC2)nc1. The Bertz CT molecular complexity index is 638. The van der Waals surface area contributed by atoms with E-state index in [0.29, 0.717) is 23.2 Å². The molecule has 5 heteroatoms. The third kappa shape index (κ3) is 2.47. The van der Waals surface area contributed by atoms with Gasteiger partial charge in [0.05, 0.1) is 11.6 Å². The molecule has 0 bridgehead atoms. The van der Waals surface area contributed by atoms with Gasteiger partial charge < -0.3 is 11.1 Å². The van der Waals surface area contributed by atoms with Crippen molar-refractivity contribution in [1.29, 1.82) is 5.26 Å². The van der Waals surface area contributed by atoms with Crippen molar-refractivity contribution in [1.82, 2.24) is 9.97 Å². The van der Waals surface area contributed by atoms with Crippen LogP contribution in [0.5, 0.6) is 0 Å². The van der Waals surface area contributed by atoms with E-state index in [2.05, 4.69) is 21.4 Å². The van der Waals surface area contributed by atoms with Gasteiger partial charge in [-0.3, -0.25) is 0 Å². The number of aromatic nitrogens is 2. The quantitative estimate of drug-likeness (QED) is 0.816. The standard InChI is InChI=1S/C14H13N5/c15-6-9-5-11(16)1-4-13(9)10-7-17-14(18-8-10)19-12-2-3-12/h1,4-5,7-8,12H,2-3,16H2,(H,17,18,19). The Hall–Kier alpha value is -2.61. The molecule has 2 aromatic rings. The Kier molecular flexibility index (Phi) is 2.76. The number of nitriles is 1. The fourth-order valence-corrected chi connectivity index (χ4v) is 1.86. The summed E-state index contributed by atoms with van der Waals surface area (Å²) in [5.41, 5.74) is 8.40. The summed E-state index contributed by atoms with van der Waals surface area (Å²) in [6.07, 6.45) is 5.82. The number of nitrogens with two attached hydrogens (primary N) is 1. The van der Waals surface area contributed by atoms with Crippen molar-refractivity contribution in [3.8, 4) is 17.2 Å². The van der Waals surface area contributed by atoms with Gasteiger partial charge >= 0.3 is 0 Å². The number of anilines is 2. The van der Waals surface area contributed by atoms with Crippen molar-refractivity contribution in [3.63, 3.8) is 0 Å². The van der Waals surface area contributed by atoms with Crippen molar-refractivity contribution in [2.45, 2.75) is 18.9 Å². The lowest BCUT2D eigenvalue weighted by atomic mass is 10.0. The van der Waals surface area contributed by atoms with Gasteiger partial charge in [-0.2, -0.15) is 5.26 Å². The third-order valence-corrected chi connectivity index (χ3v) is 3.04. The van der Waals surface area contributed by atoms with E-state index in [1.54, 1.807) is 24.5 Å². The number of nitrogens with one attached hydrogen (secondary N) is 1. The molecule has 5 nitrogen and oxygen atoms in total. The van der Waals surface area contributed by atoms with Crippen molar-refractivity contribution >= 4 is 11.6 Å². The molecule has 1 saturated carbocycles. The number of rotatable bonds is 3. The molecule has 1 fully saturated rings. The normalized spacial score (nSPS) is 13.8. The minimum absolute atomic E-state index is 0.525. The van der Waals surface area contributed by atoms with Crippen molar-refractivity contribution < 1.29 is 0 Å². The molecule has 0 saturated heterocycles. The van der Waals surface area contributed by atoms with Gasteiger partial charge in [0.2, 0.25) is 5.95 Å². The van der Waals surface area contributed by atoms with E-state index in [1.807, 2.05) is 6.07 Å². The van der Waals surface area contributed by atoms with Crippen LogP contribution in [0.1, 0.15) is 18.4 Å². The zero-order valence-electron chi connectivity index (χ0n) is 10.3. The molecule has 3 N–H and O–H groups in total. The van der Waals surface area contributed by atoms with E-state index in [0.717, 1.165) is 11.1 Å². The Morgan fingerprint density at radius 1 is 1.26 bits per heavy atom. The Labute approximate surface area is 111 Å². The smallest absolute Gasteiger partial charge is 0.222 e. The number of hydrogen-bond acceptors (Lipinski definition) is 5. The summed E-state index contributed by atoms with van der Waals surface area (Å²) in [7, 11) is 0. The van der Waals surface area contributed by atoms with Crippen LogP contribution in [0, 0.1) is 11.3 Å². The van der Waals surface area contributed by atoms with Crippen LogP contribution in [0.15, 0.2) is 30.6 Å². The second-order valence-corrected chi connectivity index (χ2v) is 4.63. The first-order valence-electron chi connectivity index (χ1n) is 6.15. The molecule has 0 unspecified atom stereocenters. The molecule has 0 atom stereocenters. The molecule has 94 valence electrons. The monoisotopic (exact) mass is 251 g/mol. The van der Waals surface area contributed by atoms with E-state index in [1.165, 1.54) is 12.8 Å². The van der Waals surface area contributed by atoms with E-state index >= 15 is 0 Å². The molecule has 19 heavy (non-hydrogen) atoms. The Balaban J connectivity index is 1.91. The molecular formula is C14H13N5.